The summed E-state index contributed by atoms with van der Waals surface area (Å²) in [6, 6.07) is 4.19. The molecular formula is C15H25FN4O. The fourth-order valence-corrected chi connectivity index (χ4v) is 2.23. The third-order valence-electron chi connectivity index (χ3n) is 3.30. The van der Waals surface area contributed by atoms with E-state index in [0.29, 0.717) is 11.4 Å². The molecule has 1 rings (SSSR count). The van der Waals surface area contributed by atoms with Gasteiger partial charge in [0, 0.05) is 12.6 Å². The van der Waals surface area contributed by atoms with Gasteiger partial charge in [-0.1, -0.05) is 6.92 Å². The van der Waals surface area contributed by atoms with Crippen molar-refractivity contribution in [3.63, 3.8) is 0 Å². The number of carbonyl (C=O) groups excluding carboxylic acids is 1. The summed E-state index contributed by atoms with van der Waals surface area (Å²) in [6.45, 7) is 5.97. The molecule has 3 N–H and O–H groups in total. The van der Waals surface area contributed by atoms with Gasteiger partial charge in [0.2, 0.25) is 5.91 Å². The molecule has 0 bridgehead atoms. The normalized spacial score (nSPS) is 12.7. The molecule has 6 heteroatoms. The number of anilines is 2. The lowest BCUT2D eigenvalue weighted by Gasteiger charge is -2.29. The lowest BCUT2D eigenvalue weighted by Crippen LogP contribution is -2.43. The van der Waals surface area contributed by atoms with Crippen molar-refractivity contribution in [1.29, 1.82) is 0 Å². The summed E-state index contributed by atoms with van der Waals surface area (Å²) in [5.41, 5.74) is 6.40. The molecule has 0 fully saturated rings. The van der Waals surface area contributed by atoms with Crippen LogP contribution in [0.4, 0.5) is 15.8 Å². The number of carbonyl (C=O) groups is 1. The molecule has 0 radical (unpaired) electrons. The topological polar surface area (TPSA) is 61.6 Å². The third-order valence-corrected chi connectivity index (χ3v) is 3.30. The van der Waals surface area contributed by atoms with Gasteiger partial charge in [0.15, 0.2) is 0 Å². The maximum Gasteiger partial charge on any atom is 0.238 e. The number of likely N-dealkylation sites (N-methyl/N-ethyl adjacent to an activating group) is 2. The van der Waals surface area contributed by atoms with Crippen molar-refractivity contribution in [3.05, 3.63) is 24.0 Å². The zero-order chi connectivity index (χ0) is 16.0. The van der Waals surface area contributed by atoms with E-state index in [4.69, 9.17) is 5.73 Å². The predicted octanol–water partition coefficient (Wildman–Crippen LogP) is 1.62. The van der Waals surface area contributed by atoms with Crippen LogP contribution < -0.4 is 11.1 Å². The highest BCUT2D eigenvalue weighted by molar-refractivity contribution is 5.95. The minimum atomic E-state index is -0.423. The van der Waals surface area contributed by atoms with E-state index in [2.05, 4.69) is 22.0 Å². The number of rotatable bonds is 7. The van der Waals surface area contributed by atoms with Crippen molar-refractivity contribution in [2.75, 3.05) is 44.8 Å². The van der Waals surface area contributed by atoms with E-state index >= 15 is 0 Å². The van der Waals surface area contributed by atoms with Crippen LogP contribution in [0.15, 0.2) is 18.2 Å². The Morgan fingerprint density at radius 1 is 1.43 bits per heavy atom. The van der Waals surface area contributed by atoms with Crippen LogP contribution in [0.2, 0.25) is 0 Å². The van der Waals surface area contributed by atoms with Crippen molar-refractivity contribution >= 4 is 17.3 Å². The summed E-state index contributed by atoms with van der Waals surface area (Å²) in [4.78, 5) is 16.2. The average molecular weight is 296 g/mol. The highest BCUT2D eigenvalue weighted by atomic mass is 19.1. The summed E-state index contributed by atoms with van der Waals surface area (Å²) < 4.78 is 13.2. The van der Waals surface area contributed by atoms with Crippen LogP contribution in [0.5, 0.6) is 0 Å². The van der Waals surface area contributed by atoms with E-state index < -0.39 is 5.82 Å². The van der Waals surface area contributed by atoms with Crippen molar-refractivity contribution in [1.82, 2.24) is 9.80 Å². The molecule has 0 saturated heterocycles. The number of nitrogens with two attached hydrogens (primary N) is 1. The fourth-order valence-electron chi connectivity index (χ4n) is 2.23. The van der Waals surface area contributed by atoms with Gasteiger partial charge in [-0.05, 0) is 45.8 Å². The summed E-state index contributed by atoms with van der Waals surface area (Å²) in [7, 11) is 4.00. The molecule has 1 amide bonds. The molecule has 1 aromatic rings. The molecule has 1 aromatic carbocycles. The zero-order valence-electron chi connectivity index (χ0n) is 13.2. The van der Waals surface area contributed by atoms with Gasteiger partial charge >= 0.3 is 0 Å². The number of halogens is 1. The molecule has 0 spiro atoms. The molecule has 0 aliphatic heterocycles. The van der Waals surface area contributed by atoms with Crippen molar-refractivity contribution < 1.29 is 9.18 Å². The Bertz CT molecular complexity index is 479. The Balaban J connectivity index is 2.64. The molecule has 0 aromatic heterocycles. The molecule has 118 valence electrons. The fraction of sp³-hybridized carbons (Fsp3) is 0.533. The Morgan fingerprint density at radius 3 is 2.67 bits per heavy atom. The van der Waals surface area contributed by atoms with Crippen LogP contribution in [-0.2, 0) is 4.79 Å². The maximum absolute atomic E-state index is 13.2. The van der Waals surface area contributed by atoms with Gasteiger partial charge in [-0.2, -0.15) is 0 Å². The van der Waals surface area contributed by atoms with Crippen LogP contribution in [0.25, 0.3) is 0 Å². The third kappa shape index (κ3) is 5.69. The van der Waals surface area contributed by atoms with Crippen molar-refractivity contribution in [3.8, 4) is 0 Å². The molecule has 21 heavy (non-hydrogen) atoms. The van der Waals surface area contributed by atoms with E-state index in [9.17, 15) is 9.18 Å². The first-order valence-corrected chi connectivity index (χ1v) is 7.07. The zero-order valence-corrected chi connectivity index (χ0v) is 13.2. The van der Waals surface area contributed by atoms with Gasteiger partial charge in [-0.3, -0.25) is 9.69 Å². The molecule has 0 saturated carbocycles. The summed E-state index contributed by atoms with van der Waals surface area (Å²) in [5.74, 6) is -0.618. The van der Waals surface area contributed by atoms with E-state index in [0.717, 1.165) is 13.1 Å². The van der Waals surface area contributed by atoms with Crippen LogP contribution in [0.1, 0.15) is 13.8 Å². The number of benzene rings is 1. The number of nitrogens with zero attached hydrogens (tertiary/aromatic N) is 2. The summed E-state index contributed by atoms with van der Waals surface area (Å²) in [6.07, 6.45) is 0. The van der Waals surface area contributed by atoms with Gasteiger partial charge in [0.05, 0.1) is 17.9 Å². The first-order valence-electron chi connectivity index (χ1n) is 7.07. The first kappa shape index (κ1) is 17.4. The molecular weight excluding hydrogens is 271 g/mol. The number of nitrogen functional groups attached to an aromatic ring is 1. The van der Waals surface area contributed by atoms with Gasteiger partial charge < -0.3 is 16.0 Å². The quantitative estimate of drug-likeness (QED) is 0.751. The Morgan fingerprint density at radius 2 is 2.10 bits per heavy atom. The second kappa shape index (κ2) is 7.95. The van der Waals surface area contributed by atoms with Crippen molar-refractivity contribution in [2.45, 2.75) is 19.9 Å². The molecule has 1 atom stereocenters. The van der Waals surface area contributed by atoms with Gasteiger partial charge in [0.1, 0.15) is 5.82 Å². The van der Waals surface area contributed by atoms with Gasteiger partial charge in [-0.15, -0.1) is 0 Å². The number of hydrogen-bond acceptors (Lipinski definition) is 4. The second-order valence-electron chi connectivity index (χ2n) is 5.45. The Hall–Kier alpha value is -1.66. The Kier molecular flexibility index (Phi) is 6.58. The van der Waals surface area contributed by atoms with Gasteiger partial charge in [0.25, 0.3) is 0 Å². The lowest BCUT2D eigenvalue weighted by molar-refractivity contribution is -0.117. The van der Waals surface area contributed by atoms with Gasteiger partial charge in [-0.25, -0.2) is 4.39 Å². The first-order chi connectivity index (χ1) is 9.83. The van der Waals surface area contributed by atoms with Crippen LogP contribution in [0.3, 0.4) is 0 Å². The number of nitrogens with one attached hydrogen (secondary N) is 1. The molecule has 1 unspecified atom stereocenters. The highest BCUT2D eigenvalue weighted by Gasteiger charge is 2.17. The number of amides is 1. The summed E-state index contributed by atoms with van der Waals surface area (Å²) in [5, 5.41) is 2.66. The Labute approximate surface area is 125 Å². The van der Waals surface area contributed by atoms with Crippen LogP contribution in [0, 0.1) is 5.82 Å². The smallest absolute Gasteiger partial charge is 0.238 e. The lowest BCUT2D eigenvalue weighted by atomic mass is 10.2. The average Bonchev–Trinajstić information content (AvgIpc) is 2.39. The SMILES string of the molecule is CCN(CC(=O)Nc1cc(F)ccc1N)C(C)CN(C)C. The van der Waals surface area contributed by atoms with Crippen LogP contribution >= 0.6 is 0 Å². The minimum Gasteiger partial charge on any atom is -0.397 e. The van der Waals surface area contributed by atoms with E-state index in [1.54, 1.807) is 0 Å². The van der Waals surface area contributed by atoms with Crippen molar-refractivity contribution in [2.24, 2.45) is 0 Å². The second-order valence-corrected chi connectivity index (χ2v) is 5.45. The van der Waals surface area contributed by atoms with E-state index in [1.807, 2.05) is 21.0 Å². The monoisotopic (exact) mass is 296 g/mol. The highest BCUT2D eigenvalue weighted by Crippen LogP contribution is 2.19. The minimum absolute atomic E-state index is 0.195. The molecule has 0 heterocycles. The predicted molar refractivity (Wildman–Crippen MR) is 84.7 cm³/mol. The molecule has 0 aliphatic rings. The van der Waals surface area contributed by atoms with E-state index in [1.165, 1.54) is 18.2 Å². The van der Waals surface area contributed by atoms with E-state index in [-0.39, 0.29) is 18.5 Å². The molecule has 5 nitrogen and oxygen atoms in total. The van der Waals surface area contributed by atoms with Crippen LogP contribution in [-0.4, -0.2) is 55.5 Å². The standard InChI is InChI=1S/C15H25FN4O/c1-5-20(11(2)9-19(3)4)10-15(21)18-14-8-12(16)6-7-13(14)17/h6-8,11H,5,9-10,17H2,1-4H3,(H,18,21). The maximum atomic E-state index is 13.2. The number of hydrogen-bond donors (Lipinski definition) is 2. The summed E-state index contributed by atoms with van der Waals surface area (Å²) >= 11 is 0. The molecule has 0 aliphatic carbocycles. The largest absolute Gasteiger partial charge is 0.397 e.